The monoisotopic (exact) mass is 397 g/mol. The predicted octanol–water partition coefficient (Wildman–Crippen LogP) is 4.15. The van der Waals surface area contributed by atoms with E-state index in [1.54, 1.807) is 6.07 Å². The van der Waals surface area contributed by atoms with Gasteiger partial charge >= 0.3 is 12.3 Å². The highest BCUT2D eigenvalue weighted by Crippen LogP contribution is 2.24. The standard InChI is InChI=1S/C19H22F3N3O3/c1-2-8-24-10-7-13-11-14(5-6-15(13)24)23-17(26)16-4-3-9-25(16)18(27)28-12-19(20,21)22/h5-7,10-11,16H,2-4,8-9,12H2,1H3,(H,23,26). The fourth-order valence-corrected chi connectivity index (χ4v) is 3.42. The van der Waals surface area contributed by atoms with Crippen molar-refractivity contribution in [1.82, 2.24) is 9.47 Å². The Morgan fingerprint density at radius 3 is 2.79 bits per heavy atom. The van der Waals surface area contributed by atoms with Crippen molar-refractivity contribution in [2.24, 2.45) is 0 Å². The number of nitrogens with one attached hydrogen (secondary N) is 1. The molecule has 0 radical (unpaired) electrons. The average Bonchev–Trinajstić information content (AvgIpc) is 3.27. The molecule has 28 heavy (non-hydrogen) atoms. The molecule has 2 amide bonds. The molecule has 1 saturated heterocycles. The summed E-state index contributed by atoms with van der Waals surface area (Å²) < 4.78 is 43.1. The highest BCUT2D eigenvalue weighted by molar-refractivity contribution is 5.98. The van der Waals surface area contributed by atoms with Gasteiger partial charge in [0.25, 0.3) is 0 Å². The Balaban J connectivity index is 1.66. The first-order chi connectivity index (χ1) is 13.3. The zero-order valence-corrected chi connectivity index (χ0v) is 15.5. The number of carbonyl (C=O) groups is 2. The van der Waals surface area contributed by atoms with E-state index < -0.39 is 30.8 Å². The topological polar surface area (TPSA) is 63.6 Å². The van der Waals surface area contributed by atoms with E-state index in [0.717, 1.165) is 28.8 Å². The molecule has 1 aliphatic rings. The summed E-state index contributed by atoms with van der Waals surface area (Å²) in [5.74, 6) is -0.436. The summed E-state index contributed by atoms with van der Waals surface area (Å²) in [4.78, 5) is 25.6. The average molecular weight is 397 g/mol. The van der Waals surface area contributed by atoms with Gasteiger partial charge in [0.15, 0.2) is 6.61 Å². The molecule has 1 unspecified atom stereocenters. The second kappa shape index (κ2) is 8.12. The van der Waals surface area contributed by atoms with Crippen molar-refractivity contribution in [2.75, 3.05) is 18.5 Å². The van der Waals surface area contributed by atoms with E-state index in [1.807, 2.05) is 24.4 Å². The van der Waals surface area contributed by atoms with Crippen molar-refractivity contribution in [3.63, 3.8) is 0 Å². The lowest BCUT2D eigenvalue weighted by Crippen LogP contribution is -2.44. The van der Waals surface area contributed by atoms with E-state index in [-0.39, 0.29) is 6.54 Å². The molecule has 6 nitrogen and oxygen atoms in total. The minimum absolute atomic E-state index is 0.188. The van der Waals surface area contributed by atoms with E-state index in [9.17, 15) is 22.8 Å². The number of hydrogen-bond donors (Lipinski definition) is 1. The number of carbonyl (C=O) groups excluding carboxylic acids is 2. The van der Waals surface area contributed by atoms with Crippen molar-refractivity contribution in [1.29, 1.82) is 0 Å². The van der Waals surface area contributed by atoms with Gasteiger partial charge in [-0.3, -0.25) is 9.69 Å². The van der Waals surface area contributed by atoms with Crippen LogP contribution in [0.4, 0.5) is 23.7 Å². The summed E-state index contributed by atoms with van der Waals surface area (Å²) in [6.07, 6.45) is -1.84. The lowest BCUT2D eigenvalue weighted by molar-refractivity contribution is -0.162. The van der Waals surface area contributed by atoms with Crippen LogP contribution in [0, 0.1) is 0 Å². The molecule has 152 valence electrons. The molecule has 1 fully saturated rings. The number of aromatic nitrogens is 1. The number of fused-ring (bicyclic) bond motifs is 1. The Hall–Kier alpha value is -2.71. The third-order valence-electron chi connectivity index (χ3n) is 4.65. The van der Waals surface area contributed by atoms with E-state index >= 15 is 0 Å². The van der Waals surface area contributed by atoms with Crippen LogP contribution < -0.4 is 5.32 Å². The first kappa shape index (κ1) is 20.0. The number of hydrogen-bond acceptors (Lipinski definition) is 3. The molecule has 2 aromatic rings. The van der Waals surface area contributed by atoms with Gasteiger partial charge in [0.1, 0.15) is 6.04 Å². The second-order valence-electron chi connectivity index (χ2n) is 6.79. The Morgan fingerprint density at radius 2 is 2.07 bits per heavy atom. The van der Waals surface area contributed by atoms with Gasteiger partial charge in [-0.25, -0.2) is 4.79 Å². The highest BCUT2D eigenvalue weighted by Gasteiger charge is 2.37. The fraction of sp³-hybridized carbons (Fsp3) is 0.474. The van der Waals surface area contributed by atoms with Crippen molar-refractivity contribution in [2.45, 2.75) is 44.9 Å². The quantitative estimate of drug-likeness (QED) is 0.824. The Labute approximate surface area is 160 Å². The Kier molecular flexibility index (Phi) is 5.81. The zero-order valence-electron chi connectivity index (χ0n) is 15.5. The zero-order chi connectivity index (χ0) is 20.3. The van der Waals surface area contributed by atoms with E-state index in [4.69, 9.17) is 0 Å². The van der Waals surface area contributed by atoms with Gasteiger partial charge in [-0.15, -0.1) is 0 Å². The number of nitrogens with zero attached hydrogens (tertiary/aromatic N) is 2. The molecular weight excluding hydrogens is 375 g/mol. The molecule has 0 bridgehead atoms. The fourth-order valence-electron chi connectivity index (χ4n) is 3.42. The van der Waals surface area contributed by atoms with Gasteiger partial charge in [0, 0.05) is 35.9 Å². The summed E-state index contributed by atoms with van der Waals surface area (Å²) in [6, 6.07) is 6.62. The Bertz CT molecular complexity index is 863. The van der Waals surface area contributed by atoms with Crippen LogP contribution in [0.15, 0.2) is 30.5 Å². The number of amides is 2. The molecule has 1 aliphatic heterocycles. The maximum absolute atomic E-state index is 12.6. The molecule has 0 saturated carbocycles. The summed E-state index contributed by atoms with van der Waals surface area (Å²) in [5.41, 5.74) is 1.63. The third-order valence-corrected chi connectivity index (χ3v) is 4.65. The lowest BCUT2D eigenvalue weighted by atomic mass is 10.2. The largest absolute Gasteiger partial charge is 0.440 e. The van der Waals surface area contributed by atoms with Crippen molar-refractivity contribution >= 4 is 28.6 Å². The van der Waals surface area contributed by atoms with Crippen molar-refractivity contribution < 1.29 is 27.5 Å². The summed E-state index contributed by atoms with van der Waals surface area (Å²) in [5, 5.41) is 3.73. The third kappa shape index (κ3) is 4.58. The normalized spacial score (nSPS) is 17.1. The highest BCUT2D eigenvalue weighted by atomic mass is 19.4. The summed E-state index contributed by atoms with van der Waals surface area (Å²) >= 11 is 0. The van der Waals surface area contributed by atoms with Gasteiger partial charge < -0.3 is 14.6 Å². The Morgan fingerprint density at radius 1 is 1.29 bits per heavy atom. The molecular formula is C19H22F3N3O3. The van der Waals surface area contributed by atoms with Crippen molar-refractivity contribution in [3.05, 3.63) is 30.5 Å². The van der Waals surface area contributed by atoms with E-state index in [0.29, 0.717) is 18.5 Å². The number of rotatable bonds is 5. The summed E-state index contributed by atoms with van der Waals surface area (Å²) in [7, 11) is 0. The number of benzene rings is 1. The van der Waals surface area contributed by atoms with Crippen molar-refractivity contribution in [3.8, 4) is 0 Å². The first-order valence-corrected chi connectivity index (χ1v) is 9.18. The van der Waals surface area contributed by atoms with E-state index in [1.165, 1.54) is 0 Å². The van der Waals surface area contributed by atoms with Gasteiger partial charge in [-0.2, -0.15) is 13.2 Å². The van der Waals surface area contributed by atoms with Crippen LogP contribution >= 0.6 is 0 Å². The summed E-state index contributed by atoms with van der Waals surface area (Å²) in [6.45, 7) is 1.51. The maximum Gasteiger partial charge on any atom is 0.422 e. The number of halogens is 3. The van der Waals surface area contributed by atoms with Crippen LogP contribution in [0.25, 0.3) is 10.9 Å². The molecule has 0 aliphatic carbocycles. The van der Waals surface area contributed by atoms with Crippen LogP contribution in [0.1, 0.15) is 26.2 Å². The molecule has 1 aromatic carbocycles. The molecule has 0 spiro atoms. The van der Waals surface area contributed by atoms with Gasteiger partial charge in [0.2, 0.25) is 5.91 Å². The van der Waals surface area contributed by atoms with Crippen LogP contribution in [-0.2, 0) is 16.1 Å². The van der Waals surface area contributed by atoms with Crippen LogP contribution in [-0.4, -0.2) is 46.8 Å². The smallest absolute Gasteiger partial charge is 0.422 e. The lowest BCUT2D eigenvalue weighted by Gasteiger charge is -2.23. The van der Waals surface area contributed by atoms with Crippen LogP contribution in [0.5, 0.6) is 0 Å². The molecule has 9 heteroatoms. The van der Waals surface area contributed by atoms with Crippen LogP contribution in [0.2, 0.25) is 0 Å². The number of likely N-dealkylation sites (tertiary alicyclic amines) is 1. The molecule has 1 aromatic heterocycles. The molecule has 1 N–H and O–H groups in total. The number of alkyl halides is 3. The van der Waals surface area contributed by atoms with E-state index in [2.05, 4.69) is 21.5 Å². The van der Waals surface area contributed by atoms with Gasteiger partial charge in [-0.1, -0.05) is 6.92 Å². The predicted molar refractivity (Wildman–Crippen MR) is 98.0 cm³/mol. The minimum atomic E-state index is -4.60. The number of aryl methyl sites for hydroxylation is 1. The molecule has 1 atom stereocenters. The molecule has 3 rings (SSSR count). The minimum Gasteiger partial charge on any atom is -0.440 e. The number of ether oxygens (including phenoxy) is 1. The SMILES string of the molecule is CCCn1ccc2cc(NC(=O)C3CCCN3C(=O)OCC(F)(F)F)ccc21. The number of anilines is 1. The van der Waals surface area contributed by atoms with Crippen LogP contribution in [0.3, 0.4) is 0 Å². The second-order valence-corrected chi connectivity index (χ2v) is 6.79. The van der Waals surface area contributed by atoms with Gasteiger partial charge in [-0.05, 0) is 43.5 Å². The molecule has 2 heterocycles. The maximum atomic E-state index is 12.6. The van der Waals surface area contributed by atoms with Gasteiger partial charge in [0.05, 0.1) is 0 Å². The first-order valence-electron chi connectivity index (χ1n) is 9.18.